The number of halogens is 3. The zero-order valence-corrected chi connectivity index (χ0v) is 5.69. The molecule has 0 saturated heterocycles. The molecule has 0 aliphatic heterocycles. The molecule has 0 amide bonds. The van der Waals surface area contributed by atoms with Gasteiger partial charge in [0.05, 0.1) is 5.71 Å². The average molecular weight is 166 g/mol. The minimum Gasteiger partial charge on any atom is -0.386 e. The third-order valence-corrected chi connectivity index (χ3v) is 1.18. The molecule has 2 nitrogen and oxygen atoms in total. The van der Waals surface area contributed by atoms with Gasteiger partial charge >= 0.3 is 6.18 Å². The summed E-state index contributed by atoms with van der Waals surface area (Å²) in [6.45, 7) is -1.30. The number of rotatable bonds is 2. The molecule has 1 aliphatic rings. The number of oxime groups is 1. The summed E-state index contributed by atoms with van der Waals surface area (Å²) in [5.74, 6) is 0. The fraction of sp³-hybridized carbons (Fsp3) is 0.667. The molecule has 0 aromatic carbocycles. The normalized spacial score (nSPS) is 17.5. The van der Waals surface area contributed by atoms with Crippen molar-refractivity contribution < 1.29 is 18.0 Å². The Kier molecular flexibility index (Phi) is 2.36. The summed E-state index contributed by atoms with van der Waals surface area (Å²) in [7, 11) is 0. The van der Waals surface area contributed by atoms with Crippen LogP contribution in [0.25, 0.3) is 0 Å². The Bertz CT molecular complexity index is 158. The van der Waals surface area contributed by atoms with Crippen LogP contribution < -0.4 is 0 Å². The fourth-order valence-corrected chi connectivity index (χ4v) is 0.545. The summed E-state index contributed by atoms with van der Waals surface area (Å²) in [6.07, 6.45) is -1.07. The van der Waals surface area contributed by atoms with Crippen LogP contribution in [0, 0.1) is 6.42 Å². The molecule has 1 saturated carbocycles. The largest absolute Gasteiger partial charge is 0.425 e. The Balaban J connectivity index is 2.12. The molecule has 0 unspecified atom stereocenters. The Labute approximate surface area is 62.0 Å². The van der Waals surface area contributed by atoms with Crippen molar-refractivity contribution in [2.24, 2.45) is 5.16 Å². The first-order chi connectivity index (χ1) is 5.08. The predicted octanol–water partition coefficient (Wildman–Crippen LogP) is 1.92. The van der Waals surface area contributed by atoms with Gasteiger partial charge in [0, 0.05) is 0 Å². The monoisotopic (exact) mass is 166 g/mol. The third kappa shape index (κ3) is 3.25. The smallest absolute Gasteiger partial charge is 0.386 e. The van der Waals surface area contributed by atoms with Gasteiger partial charge in [-0.1, -0.05) is 5.16 Å². The highest BCUT2D eigenvalue weighted by Gasteiger charge is 2.28. The molecule has 0 N–H and O–H groups in total. The van der Waals surface area contributed by atoms with E-state index in [0.29, 0.717) is 18.6 Å². The van der Waals surface area contributed by atoms with Gasteiger partial charge in [0.2, 0.25) is 6.61 Å². The van der Waals surface area contributed by atoms with E-state index in [1.54, 1.807) is 0 Å². The SMILES string of the molecule is FC(F)(F)CON=C1C[CH]C1. The standard InChI is InChI=1S/C6H7F3NO/c7-6(8,9)4-11-10-5-2-1-3-5/h1H,2-4H2. The van der Waals surface area contributed by atoms with E-state index >= 15 is 0 Å². The lowest BCUT2D eigenvalue weighted by molar-refractivity contribution is -0.173. The van der Waals surface area contributed by atoms with Crippen LogP contribution in [0.4, 0.5) is 13.2 Å². The van der Waals surface area contributed by atoms with E-state index in [1.807, 2.05) is 6.42 Å². The van der Waals surface area contributed by atoms with Crippen LogP contribution in [-0.2, 0) is 4.84 Å². The van der Waals surface area contributed by atoms with Crippen LogP contribution in [0.1, 0.15) is 12.8 Å². The number of nitrogens with zero attached hydrogens (tertiary/aromatic N) is 1. The molecular formula is C6H7F3NO. The molecule has 0 bridgehead atoms. The maximum atomic E-state index is 11.4. The van der Waals surface area contributed by atoms with Gasteiger partial charge in [0.15, 0.2) is 0 Å². The van der Waals surface area contributed by atoms with Crippen LogP contribution in [0.5, 0.6) is 0 Å². The van der Waals surface area contributed by atoms with Crippen molar-refractivity contribution >= 4 is 5.71 Å². The lowest BCUT2D eigenvalue weighted by atomic mass is 9.98. The highest BCUT2D eigenvalue weighted by Crippen LogP contribution is 2.17. The van der Waals surface area contributed by atoms with Gasteiger partial charge in [0.25, 0.3) is 0 Å². The van der Waals surface area contributed by atoms with Gasteiger partial charge in [-0.2, -0.15) is 13.2 Å². The fourth-order valence-electron chi connectivity index (χ4n) is 0.545. The summed E-state index contributed by atoms with van der Waals surface area (Å²) in [6, 6.07) is 0. The van der Waals surface area contributed by atoms with Crippen molar-refractivity contribution in [2.75, 3.05) is 6.61 Å². The van der Waals surface area contributed by atoms with Crippen LogP contribution >= 0.6 is 0 Å². The highest BCUT2D eigenvalue weighted by atomic mass is 19.4. The molecule has 1 fully saturated rings. The minimum atomic E-state index is -4.28. The Morgan fingerprint density at radius 2 is 2.09 bits per heavy atom. The van der Waals surface area contributed by atoms with E-state index in [2.05, 4.69) is 9.99 Å². The van der Waals surface area contributed by atoms with E-state index in [1.165, 1.54) is 0 Å². The summed E-state index contributed by atoms with van der Waals surface area (Å²) in [5, 5.41) is 3.28. The van der Waals surface area contributed by atoms with Gasteiger partial charge in [-0.25, -0.2) is 0 Å². The molecule has 63 valence electrons. The first kappa shape index (κ1) is 8.36. The molecule has 5 heteroatoms. The summed E-state index contributed by atoms with van der Waals surface area (Å²) in [4.78, 5) is 4.04. The third-order valence-electron chi connectivity index (χ3n) is 1.18. The maximum absolute atomic E-state index is 11.4. The first-order valence-corrected chi connectivity index (χ1v) is 3.14. The van der Waals surface area contributed by atoms with Gasteiger partial charge in [0.1, 0.15) is 0 Å². The van der Waals surface area contributed by atoms with Crippen molar-refractivity contribution in [3.63, 3.8) is 0 Å². The summed E-state index contributed by atoms with van der Waals surface area (Å²) < 4.78 is 34.3. The molecule has 1 rings (SSSR count). The Hall–Kier alpha value is -0.740. The van der Waals surface area contributed by atoms with Crippen molar-refractivity contribution in [3.8, 4) is 0 Å². The quantitative estimate of drug-likeness (QED) is 0.574. The van der Waals surface area contributed by atoms with Crippen molar-refractivity contribution in [3.05, 3.63) is 6.42 Å². The van der Waals surface area contributed by atoms with Gasteiger partial charge in [-0.3, -0.25) is 0 Å². The second-order valence-corrected chi connectivity index (χ2v) is 2.24. The number of alkyl halides is 3. The first-order valence-electron chi connectivity index (χ1n) is 3.14. The van der Waals surface area contributed by atoms with Crippen molar-refractivity contribution in [1.82, 2.24) is 0 Å². The number of hydrogen-bond donors (Lipinski definition) is 0. The predicted molar refractivity (Wildman–Crippen MR) is 33.0 cm³/mol. The van der Waals surface area contributed by atoms with E-state index in [0.717, 1.165) is 0 Å². The average Bonchev–Trinajstić information content (AvgIpc) is 1.73. The molecular weight excluding hydrogens is 159 g/mol. The Morgan fingerprint density at radius 3 is 2.45 bits per heavy atom. The minimum absolute atomic E-state index is 0.651. The lowest BCUT2D eigenvalue weighted by Crippen LogP contribution is -2.17. The summed E-state index contributed by atoms with van der Waals surface area (Å²) in [5.41, 5.74) is 0.675. The Morgan fingerprint density at radius 1 is 1.45 bits per heavy atom. The van der Waals surface area contributed by atoms with Gasteiger partial charge in [-0.15, -0.1) is 0 Å². The highest BCUT2D eigenvalue weighted by molar-refractivity contribution is 5.91. The van der Waals surface area contributed by atoms with Crippen molar-refractivity contribution in [2.45, 2.75) is 19.0 Å². The lowest BCUT2D eigenvalue weighted by Gasteiger charge is -2.13. The van der Waals surface area contributed by atoms with Crippen LogP contribution in [-0.4, -0.2) is 18.5 Å². The molecule has 0 heterocycles. The van der Waals surface area contributed by atoms with E-state index < -0.39 is 12.8 Å². The molecule has 0 spiro atoms. The zero-order chi connectivity index (χ0) is 8.32. The molecule has 1 aliphatic carbocycles. The van der Waals surface area contributed by atoms with Gasteiger partial charge < -0.3 is 4.84 Å². The molecule has 0 aromatic heterocycles. The maximum Gasteiger partial charge on any atom is 0.425 e. The van der Waals surface area contributed by atoms with Gasteiger partial charge in [-0.05, 0) is 19.3 Å². The summed E-state index contributed by atoms with van der Waals surface area (Å²) >= 11 is 0. The van der Waals surface area contributed by atoms with Crippen LogP contribution in [0.15, 0.2) is 5.16 Å². The van der Waals surface area contributed by atoms with Crippen LogP contribution in [0.2, 0.25) is 0 Å². The van der Waals surface area contributed by atoms with Crippen LogP contribution in [0.3, 0.4) is 0 Å². The molecule has 1 radical (unpaired) electrons. The molecule has 0 atom stereocenters. The zero-order valence-electron chi connectivity index (χ0n) is 5.69. The molecule has 0 aromatic rings. The number of hydrogen-bond acceptors (Lipinski definition) is 2. The second kappa shape index (κ2) is 3.11. The van der Waals surface area contributed by atoms with Crippen molar-refractivity contribution in [1.29, 1.82) is 0 Å². The van der Waals surface area contributed by atoms with E-state index in [4.69, 9.17) is 0 Å². The second-order valence-electron chi connectivity index (χ2n) is 2.24. The van der Waals surface area contributed by atoms with E-state index in [-0.39, 0.29) is 0 Å². The van der Waals surface area contributed by atoms with E-state index in [9.17, 15) is 13.2 Å². The topological polar surface area (TPSA) is 21.6 Å². The molecule has 11 heavy (non-hydrogen) atoms.